The zero-order chi connectivity index (χ0) is 20.3. The van der Waals surface area contributed by atoms with Gasteiger partial charge < -0.3 is 21.7 Å². The first-order chi connectivity index (χ1) is 13.3. The van der Waals surface area contributed by atoms with E-state index >= 15 is 0 Å². The highest BCUT2D eigenvalue weighted by Gasteiger charge is 2.39. The number of carbonyl (C=O) groups is 3. The molecule has 0 spiro atoms. The van der Waals surface area contributed by atoms with Crippen molar-refractivity contribution in [2.45, 2.75) is 18.5 Å². The van der Waals surface area contributed by atoms with Crippen molar-refractivity contribution in [2.75, 3.05) is 5.32 Å². The van der Waals surface area contributed by atoms with Crippen LogP contribution in [-0.2, 0) is 0 Å². The van der Waals surface area contributed by atoms with E-state index in [1.807, 2.05) is 0 Å². The second-order valence-electron chi connectivity index (χ2n) is 6.27. The van der Waals surface area contributed by atoms with Crippen LogP contribution in [0.25, 0.3) is 0 Å². The summed E-state index contributed by atoms with van der Waals surface area (Å²) in [5, 5.41) is 18.6. The van der Waals surface area contributed by atoms with Crippen molar-refractivity contribution < 1.29 is 19.3 Å². The molecule has 0 aromatic heterocycles. The van der Waals surface area contributed by atoms with E-state index in [0.717, 1.165) is 0 Å². The molecule has 0 saturated heterocycles. The maximum atomic E-state index is 12.3. The number of rotatable bonds is 6. The maximum absolute atomic E-state index is 12.3. The summed E-state index contributed by atoms with van der Waals surface area (Å²) in [7, 11) is 0. The molecule has 28 heavy (non-hydrogen) atoms. The Hall–Kier alpha value is -3.95. The molecular weight excluding hydrogens is 366 g/mol. The summed E-state index contributed by atoms with van der Waals surface area (Å²) in [6.45, 7) is 0. The van der Waals surface area contributed by atoms with Gasteiger partial charge in [0.25, 0.3) is 17.5 Å². The SMILES string of the molecule is NC(=O)Nc1cccc(C(=O)N[C@H]2C[C@@H]2NC(=O)c2ccc([N+](=O)[O-])cc2)c1. The molecule has 10 nitrogen and oxygen atoms in total. The zero-order valence-electron chi connectivity index (χ0n) is 14.5. The smallest absolute Gasteiger partial charge is 0.316 e. The van der Waals surface area contributed by atoms with Crippen LogP contribution in [-0.4, -0.2) is 34.9 Å². The Morgan fingerprint density at radius 2 is 1.57 bits per heavy atom. The lowest BCUT2D eigenvalue weighted by molar-refractivity contribution is -0.384. The van der Waals surface area contributed by atoms with Crippen molar-refractivity contribution in [2.24, 2.45) is 5.73 Å². The molecular formula is C18H17N5O5. The predicted octanol–water partition coefficient (Wildman–Crippen LogP) is 1.39. The second-order valence-corrected chi connectivity index (χ2v) is 6.27. The van der Waals surface area contributed by atoms with Gasteiger partial charge >= 0.3 is 6.03 Å². The fourth-order valence-corrected chi connectivity index (χ4v) is 2.63. The first-order valence-corrected chi connectivity index (χ1v) is 8.36. The molecule has 0 aliphatic heterocycles. The number of nitrogens with two attached hydrogens (primary N) is 1. The van der Waals surface area contributed by atoms with Gasteiger partial charge in [-0.2, -0.15) is 0 Å². The fourth-order valence-electron chi connectivity index (χ4n) is 2.63. The lowest BCUT2D eigenvalue weighted by Gasteiger charge is -2.08. The highest BCUT2D eigenvalue weighted by Crippen LogP contribution is 2.23. The summed E-state index contributed by atoms with van der Waals surface area (Å²) >= 11 is 0. The summed E-state index contributed by atoms with van der Waals surface area (Å²) in [5.74, 6) is -0.713. The van der Waals surface area contributed by atoms with E-state index in [-0.39, 0.29) is 29.6 Å². The molecule has 4 amide bonds. The first-order valence-electron chi connectivity index (χ1n) is 8.36. The molecule has 2 aromatic carbocycles. The number of primary amides is 1. The summed E-state index contributed by atoms with van der Waals surface area (Å²) in [6.07, 6.45) is 0.573. The predicted molar refractivity (Wildman–Crippen MR) is 99.9 cm³/mol. The van der Waals surface area contributed by atoms with Gasteiger partial charge in [0, 0.05) is 28.9 Å². The Kier molecular flexibility index (Phi) is 5.21. The number of hydrogen-bond donors (Lipinski definition) is 4. The van der Waals surface area contributed by atoms with E-state index in [2.05, 4.69) is 16.0 Å². The van der Waals surface area contributed by atoms with E-state index in [1.54, 1.807) is 18.2 Å². The third-order valence-electron chi connectivity index (χ3n) is 4.16. The van der Waals surface area contributed by atoms with Gasteiger partial charge in [0.05, 0.1) is 17.0 Å². The van der Waals surface area contributed by atoms with E-state index in [4.69, 9.17) is 5.73 Å². The number of nitro benzene ring substituents is 1. The van der Waals surface area contributed by atoms with Gasteiger partial charge in [-0.3, -0.25) is 19.7 Å². The minimum atomic E-state index is -0.728. The van der Waals surface area contributed by atoms with Crippen molar-refractivity contribution in [1.29, 1.82) is 0 Å². The molecule has 3 rings (SSSR count). The Labute approximate surface area is 159 Å². The van der Waals surface area contributed by atoms with Gasteiger partial charge in [0.2, 0.25) is 0 Å². The molecule has 0 unspecified atom stereocenters. The van der Waals surface area contributed by atoms with Crippen molar-refractivity contribution in [3.05, 3.63) is 69.8 Å². The molecule has 1 fully saturated rings. The number of hydrogen-bond acceptors (Lipinski definition) is 5. The Morgan fingerprint density at radius 1 is 0.964 bits per heavy atom. The number of benzene rings is 2. The summed E-state index contributed by atoms with van der Waals surface area (Å²) in [6, 6.07) is 10.4. The van der Waals surface area contributed by atoms with Crippen LogP contribution in [0.2, 0.25) is 0 Å². The Bertz CT molecular complexity index is 944. The molecule has 5 N–H and O–H groups in total. The lowest BCUT2D eigenvalue weighted by Crippen LogP contribution is -2.34. The van der Waals surface area contributed by atoms with Crippen LogP contribution < -0.4 is 21.7 Å². The molecule has 1 aliphatic carbocycles. The standard InChI is InChI=1S/C18H17N5O5/c19-18(26)20-12-3-1-2-11(8-12)17(25)22-15-9-14(15)21-16(24)10-4-6-13(7-5-10)23(27)28/h1-8,14-15H,9H2,(H,21,24)(H,22,25)(H3,19,20,26)/t14-,15-/m0/s1. The summed E-state index contributed by atoms with van der Waals surface area (Å²) < 4.78 is 0. The van der Waals surface area contributed by atoms with Crippen LogP contribution >= 0.6 is 0 Å². The molecule has 0 bridgehead atoms. The van der Waals surface area contributed by atoms with E-state index < -0.39 is 11.0 Å². The van der Waals surface area contributed by atoms with E-state index in [1.165, 1.54) is 30.3 Å². The fraction of sp³-hybridized carbons (Fsp3) is 0.167. The maximum Gasteiger partial charge on any atom is 0.316 e. The molecule has 1 aliphatic rings. The largest absolute Gasteiger partial charge is 0.351 e. The third-order valence-corrected chi connectivity index (χ3v) is 4.16. The van der Waals surface area contributed by atoms with Crippen LogP contribution in [0, 0.1) is 10.1 Å². The van der Waals surface area contributed by atoms with Gasteiger partial charge in [-0.05, 0) is 36.8 Å². The highest BCUT2D eigenvalue weighted by molar-refractivity contribution is 5.97. The van der Waals surface area contributed by atoms with Gasteiger partial charge in [0.15, 0.2) is 0 Å². The molecule has 2 atom stereocenters. The van der Waals surface area contributed by atoms with Crippen molar-refractivity contribution in [3.8, 4) is 0 Å². The highest BCUT2D eigenvalue weighted by atomic mass is 16.6. The number of nitrogens with one attached hydrogen (secondary N) is 3. The monoisotopic (exact) mass is 383 g/mol. The number of nitrogens with zero attached hydrogens (tertiary/aromatic N) is 1. The summed E-state index contributed by atoms with van der Waals surface area (Å²) in [4.78, 5) is 45.5. The third kappa shape index (κ3) is 4.61. The van der Waals surface area contributed by atoms with Crippen molar-refractivity contribution >= 4 is 29.2 Å². The van der Waals surface area contributed by atoms with Crippen LogP contribution in [0.1, 0.15) is 27.1 Å². The van der Waals surface area contributed by atoms with Crippen LogP contribution in [0.4, 0.5) is 16.2 Å². The number of urea groups is 1. The van der Waals surface area contributed by atoms with E-state index in [0.29, 0.717) is 23.2 Å². The van der Waals surface area contributed by atoms with Gasteiger partial charge in [0.1, 0.15) is 0 Å². The molecule has 0 radical (unpaired) electrons. The van der Waals surface area contributed by atoms with Crippen LogP contribution in [0.5, 0.6) is 0 Å². The molecule has 1 saturated carbocycles. The minimum Gasteiger partial charge on any atom is -0.351 e. The Morgan fingerprint density at radius 3 is 2.14 bits per heavy atom. The van der Waals surface area contributed by atoms with Crippen molar-refractivity contribution in [3.63, 3.8) is 0 Å². The first kappa shape index (κ1) is 18.8. The molecule has 10 heteroatoms. The number of carbonyl (C=O) groups excluding carboxylic acids is 3. The topological polar surface area (TPSA) is 156 Å². The van der Waals surface area contributed by atoms with Gasteiger partial charge in [-0.1, -0.05) is 6.07 Å². The number of amides is 4. The Balaban J connectivity index is 1.53. The molecule has 0 heterocycles. The summed E-state index contributed by atoms with van der Waals surface area (Å²) in [5.41, 5.74) is 6.00. The second kappa shape index (κ2) is 7.74. The quantitative estimate of drug-likeness (QED) is 0.438. The van der Waals surface area contributed by atoms with Gasteiger partial charge in [-0.25, -0.2) is 4.79 Å². The average molecular weight is 383 g/mol. The average Bonchev–Trinajstić information content (AvgIpc) is 3.38. The zero-order valence-corrected chi connectivity index (χ0v) is 14.5. The molecule has 144 valence electrons. The normalized spacial score (nSPS) is 17.3. The number of anilines is 1. The molecule has 2 aromatic rings. The van der Waals surface area contributed by atoms with E-state index in [9.17, 15) is 24.5 Å². The lowest BCUT2D eigenvalue weighted by atomic mass is 10.2. The van der Waals surface area contributed by atoms with Gasteiger partial charge in [-0.15, -0.1) is 0 Å². The van der Waals surface area contributed by atoms with Crippen LogP contribution in [0.15, 0.2) is 48.5 Å². The minimum absolute atomic E-state index is 0.0961. The van der Waals surface area contributed by atoms with Crippen LogP contribution in [0.3, 0.4) is 0 Å². The van der Waals surface area contributed by atoms with Crippen molar-refractivity contribution in [1.82, 2.24) is 10.6 Å². The number of non-ortho nitro benzene ring substituents is 1. The number of nitro groups is 1.